The van der Waals surface area contributed by atoms with Gasteiger partial charge in [0.05, 0.1) is 11.0 Å². The summed E-state index contributed by atoms with van der Waals surface area (Å²) < 4.78 is 14.2. The zero-order chi connectivity index (χ0) is 56.6. The fraction of sp³-hybridized carbons (Fsp3) is 0.211. The second-order valence-electron chi connectivity index (χ2n) is 25.2. The molecule has 0 aliphatic carbocycles. The quantitative estimate of drug-likeness (QED) is 0.106. The summed E-state index contributed by atoms with van der Waals surface area (Å²) in [5.41, 5.74) is 37.1. The normalized spacial score (nSPS) is 13.3. The summed E-state index contributed by atoms with van der Waals surface area (Å²) in [5.74, 6) is 1.85. The molecule has 10 aromatic carbocycles. The minimum Gasteiger partial charge on any atom is -0.458 e. The van der Waals surface area contributed by atoms with Gasteiger partial charge in [0.1, 0.15) is 11.5 Å². The average Bonchev–Trinajstić information content (AvgIpc) is 1.82. The van der Waals surface area contributed by atoms with Crippen molar-refractivity contribution >= 4 is 129 Å². The molecular formula is C76H66B2IN3O. The Kier molecular flexibility index (Phi) is 11.4. The van der Waals surface area contributed by atoms with Gasteiger partial charge in [0, 0.05) is 70.7 Å². The molecule has 0 spiro atoms. The van der Waals surface area contributed by atoms with Gasteiger partial charge in [0.2, 0.25) is 0 Å². The molecule has 2 aromatic heterocycles. The molecule has 0 radical (unpaired) electrons. The minimum absolute atomic E-state index is 0.0710. The number of fused-ring (bicyclic) bond motifs is 14. The van der Waals surface area contributed by atoms with Gasteiger partial charge in [0.25, 0.3) is 13.4 Å². The second-order valence-corrected chi connectivity index (χ2v) is 26.4. The molecule has 4 nitrogen and oxygen atoms in total. The molecule has 0 atom stereocenters. The first-order chi connectivity index (χ1) is 40.2. The van der Waals surface area contributed by atoms with Crippen molar-refractivity contribution in [3.63, 3.8) is 0 Å². The number of hydrogen-bond acceptors (Lipinski definition) is 2. The van der Waals surface area contributed by atoms with E-state index in [1.54, 1.807) is 0 Å². The summed E-state index contributed by atoms with van der Waals surface area (Å²) in [7, 11) is 0. The lowest BCUT2D eigenvalue weighted by Gasteiger charge is -2.42. The maximum Gasteiger partial charge on any atom is 0.256 e. The van der Waals surface area contributed by atoms with Gasteiger partial charge in [-0.15, -0.1) is 0 Å². The van der Waals surface area contributed by atoms with Crippen LogP contribution in [-0.4, -0.2) is 22.6 Å². The van der Waals surface area contributed by atoms with Crippen LogP contribution in [0.25, 0.3) is 77.2 Å². The summed E-state index contributed by atoms with van der Waals surface area (Å²) in [4.78, 5) is 2.59. The molecule has 0 amide bonds. The standard InChI is InChI=1S/C76H66B2IN3O/c1-11-13-15-49-17-23-63-55(33-49)57-29-43(5)31-61-75(57)81(63)67-36-51(71-45(7)25-41(3)26-46(71)8)35-66-73(67)77(61)59-39-60-69(40-65(59)80(66)54-21-19-53(79)20-22-54)83-70-38-52(72-47(9)27-42(4)28-48(72)10)37-68-74(70)78(60)62-32-44(6)30-58-56-34-50(16-14-12-2)18-24-64(56)82(68)76(58)62/h17-40H,11-16H2,1-10H3. The Morgan fingerprint density at radius 3 is 1.42 bits per heavy atom. The van der Waals surface area contributed by atoms with Gasteiger partial charge in [-0.05, 0) is 277 Å². The van der Waals surface area contributed by atoms with Crippen LogP contribution in [0.4, 0.5) is 17.1 Å². The number of ether oxygens (including phenoxy) is 1. The maximum absolute atomic E-state index is 7.75. The number of anilines is 3. The summed E-state index contributed by atoms with van der Waals surface area (Å²) in [6.07, 6.45) is 6.86. The molecule has 404 valence electrons. The predicted molar refractivity (Wildman–Crippen MR) is 364 cm³/mol. The summed E-state index contributed by atoms with van der Waals surface area (Å²) >= 11 is 2.46. The Bertz CT molecular complexity index is 4820. The van der Waals surface area contributed by atoms with Crippen molar-refractivity contribution in [2.45, 2.75) is 108 Å². The lowest BCUT2D eigenvalue weighted by Crippen LogP contribution is -2.63. The third-order valence-corrected chi connectivity index (χ3v) is 20.0. The number of hydrogen-bond donors (Lipinski definition) is 0. The topological polar surface area (TPSA) is 22.3 Å². The van der Waals surface area contributed by atoms with Gasteiger partial charge in [0.15, 0.2) is 0 Å². The molecule has 16 rings (SSSR count). The maximum atomic E-state index is 7.75. The van der Waals surface area contributed by atoms with Gasteiger partial charge in [-0.3, -0.25) is 0 Å². The number of nitrogens with zero attached hydrogens (tertiary/aromatic N) is 3. The highest BCUT2D eigenvalue weighted by molar-refractivity contribution is 14.1. The first-order valence-electron chi connectivity index (χ1n) is 30.3. The van der Waals surface area contributed by atoms with Gasteiger partial charge in [-0.25, -0.2) is 0 Å². The average molecular weight is 1190 g/mol. The monoisotopic (exact) mass is 1190 g/mol. The van der Waals surface area contributed by atoms with Gasteiger partial charge in [-0.2, -0.15) is 0 Å². The first kappa shape index (κ1) is 50.9. The molecule has 0 saturated carbocycles. The second kappa shape index (κ2) is 18.6. The summed E-state index contributed by atoms with van der Waals surface area (Å²) in [5, 5.41) is 5.34. The van der Waals surface area contributed by atoms with Crippen LogP contribution in [0.1, 0.15) is 95.2 Å². The Hall–Kier alpha value is -7.74. The van der Waals surface area contributed by atoms with Crippen molar-refractivity contribution in [2.75, 3.05) is 4.90 Å². The summed E-state index contributed by atoms with van der Waals surface area (Å²) in [6.45, 7) is 22.6. The molecule has 0 N–H and O–H groups in total. The van der Waals surface area contributed by atoms with Crippen molar-refractivity contribution in [3.8, 4) is 45.1 Å². The van der Waals surface area contributed by atoms with E-state index in [-0.39, 0.29) is 13.4 Å². The number of unbranched alkanes of at least 4 members (excludes halogenated alkanes) is 2. The molecule has 4 aliphatic rings. The fourth-order valence-electron chi connectivity index (χ4n) is 16.2. The Morgan fingerprint density at radius 2 is 0.892 bits per heavy atom. The highest BCUT2D eigenvalue weighted by Gasteiger charge is 2.47. The molecular weight excluding hydrogens is 1120 g/mol. The van der Waals surface area contributed by atoms with E-state index < -0.39 is 0 Å². The van der Waals surface area contributed by atoms with Gasteiger partial charge in [-0.1, -0.05) is 104 Å². The number of aromatic nitrogens is 2. The lowest BCUT2D eigenvalue weighted by molar-refractivity contribution is 0.487. The smallest absolute Gasteiger partial charge is 0.256 e. The Labute approximate surface area is 502 Å². The predicted octanol–water partition coefficient (Wildman–Crippen LogP) is 16.5. The molecule has 83 heavy (non-hydrogen) atoms. The summed E-state index contributed by atoms with van der Waals surface area (Å²) in [6, 6.07) is 58.2. The van der Waals surface area contributed by atoms with E-state index in [0.717, 1.165) is 35.7 Å². The molecule has 0 saturated heterocycles. The van der Waals surface area contributed by atoms with Crippen LogP contribution < -0.4 is 42.4 Å². The minimum atomic E-state index is -0.0846. The van der Waals surface area contributed by atoms with Crippen LogP contribution in [-0.2, 0) is 12.8 Å². The van der Waals surface area contributed by atoms with Crippen molar-refractivity contribution in [2.24, 2.45) is 0 Å². The van der Waals surface area contributed by atoms with Crippen molar-refractivity contribution < 1.29 is 4.74 Å². The van der Waals surface area contributed by atoms with E-state index in [9.17, 15) is 0 Å². The van der Waals surface area contributed by atoms with E-state index in [2.05, 4.69) is 251 Å². The Morgan fingerprint density at radius 1 is 0.410 bits per heavy atom. The zero-order valence-corrected chi connectivity index (χ0v) is 51.5. The van der Waals surface area contributed by atoms with Gasteiger partial charge < -0.3 is 18.8 Å². The van der Waals surface area contributed by atoms with E-state index in [4.69, 9.17) is 4.74 Å². The van der Waals surface area contributed by atoms with Crippen molar-refractivity contribution in [1.29, 1.82) is 0 Å². The number of halogens is 1. The van der Waals surface area contributed by atoms with E-state index in [1.807, 2.05) is 0 Å². The van der Waals surface area contributed by atoms with Crippen LogP contribution in [0.2, 0.25) is 0 Å². The lowest BCUT2D eigenvalue weighted by atomic mass is 9.31. The molecule has 0 fully saturated rings. The van der Waals surface area contributed by atoms with Gasteiger partial charge >= 0.3 is 0 Å². The van der Waals surface area contributed by atoms with Crippen LogP contribution in [0, 0.1) is 59.0 Å². The van der Waals surface area contributed by atoms with E-state index in [1.165, 1.54) is 201 Å². The molecule has 4 aliphatic heterocycles. The van der Waals surface area contributed by atoms with Crippen LogP contribution in [0.15, 0.2) is 146 Å². The largest absolute Gasteiger partial charge is 0.458 e. The highest BCUT2D eigenvalue weighted by atomic mass is 127. The van der Waals surface area contributed by atoms with E-state index >= 15 is 0 Å². The van der Waals surface area contributed by atoms with E-state index in [0.29, 0.717) is 0 Å². The van der Waals surface area contributed by atoms with Crippen molar-refractivity contribution in [1.82, 2.24) is 9.13 Å². The molecule has 0 bridgehead atoms. The SMILES string of the molecule is CCCCc1ccc2c(c1)c1cc(C)cc3c1n2-c1cc(-c2c(C)cc(C)cc2C)cc2c1B3c1cc3c(cc1O2)N(c1ccc(I)cc1)c1cc(-c2c(C)cc(C)cc2C)cc2c1B3c1cc(C)cc3c4cc(CCCC)ccc4n-2c13. The Balaban J connectivity index is 1.03. The number of aryl methyl sites for hydroxylation is 10. The molecule has 0 unspecified atom stereocenters. The van der Waals surface area contributed by atoms with Crippen molar-refractivity contribution in [3.05, 3.63) is 205 Å². The third-order valence-electron chi connectivity index (χ3n) is 19.3. The van der Waals surface area contributed by atoms with Crippen LogP contribution in [0.5, 0.6) is 11.5 Å². The number of rotatable bonds is 9. The highest BCUT2D eigenvalue weighted by Crippen LogP contribution is 2.48. The molecule has 6 heterocycles. The van der Waals surface area contributed by atoms with Crippen LogP contribution in [0.3, 0.4) is 0 Å². The van der Waals surface area contributed by atoms with Crippen LogP contribution >= 0.6 is 22.6 Å². The first-order valence-corrected chi connectivity index (χ1v) is 31.4. The zero-order valence-electron chi connectivity index (χ0n) is 49.4. The third kappa shape index (κ3) is 7.44. The molecule has 12 aromatic rings. The number of benzene rings is 10. The molecule has 7 heteroatoms. The fourth-order valence-corrected chi connectivity index (χ4v) is 16.6.